The minimum absolute atomic E-state index is 0.169. The highest BCUT2D eigenvalue weighted by atomic mass is 19.4. The summed E-state index contributed by atoms with van der Waals surface area (Å²) in [4.78, 5) is 13.3. The number of benzene rings is 3. The maximum absolute atomic E-state index is 13.1. The third-order valence-corrected chi connectivity index (χ3v) is 5.60. The first-order chi connectivity index (χ1) is 18.6. The van der Waals surface area contributed by atoms with E-state index in [1.54, 1.807) is 18.2 Å². The summed E-state index contributed by atoms with van der Waals surface area (Å²) in [5.41, 5.74) is 3.08. The predicted molar refractivity (Wildman–Crippen MR) is 145 cm³/mol. The van der Waals surface area contributed by atoms with Crippen molar-refractivity contribution in [2.75, 3.05) is 41.0 Å². The molecule has 204 valence electrons. The maximum Gasteiger partial charge on any atom is 0.416 e. The van der Waals surface area contributed by atoms with E-state index in [1.165, 1.54) is 19.2 Å². The van der Waals surface area contributed by atoms with Gasteiger partial charge in [0, 0.05) is 5.56 Å². The van der Waals surface area contributed by atoms with Gasteiger partial charge in [-0.15, -0.1) is 0 Å². The second-order valence-electron chi connectivity index (χ2n) is 8.91. The summed E-state index contributed by atoms with van der Waals surface area (Å²) in [5.74, 6) is 6.81. The van der Waals surface area contributed by atoms with Crippen LogP contribution in [0.4, 0.5) is 13.2 Å². The molecule has 39 heavy (non-hydrogen) atoms. The molecule has 0 saturated heterocycles. The van der Waals surface area contributed by atoms with Crippen LogP contribution in [0.3, 0.4) is 0 Å². The van der Waals surface area contributed by atoms with Gasteiger partial charge in [-0.3, -0.25) is 4.90 Å². The van der Waals surface area contributed by atoms with Crippen molar-refractivity contribution >= 4 is 11.5 Å². The van der Waals surface area contributed by atoms with E-state index in [0.717, 1.165) is 34.4 Å². The van der Waals surface area contributed by atoms with Gasteiger partial charge in [0.25, 0.3) is 0 Å². The summed E-state index contributed by atoms with van der Waals surface area (Å²) in [6, 6.07) is 17.8. The zero-order chi connectivity index (χ0) is 28.4. The second kappa shape index (κ2) is 13.5. The predicted octanol–water partition coefficient (Wildman–Crippen LogP) is 5.99. The monoisotopic (exact) mass is 537 g/mol. The average molecular weight is 538 g/mol. The summed E-state index contributed by atoms with van der Waals surface area (Å²) >= 11 is 0. The molecule has 5 nitrogen and oxygen atoms in total. The number of alkyl halides is 3. The summed E-state index contributed by atoms with van der Waals surface area (Å²) in [6.45, 7) is 2.43. The Balaban J connectivity index is 1.82. The van der Waals surface area contributed by atoms with Crippen molar-refractivity contribution < 1.29 is 32.2 Å². The van der Waals surface area contributed by atoms with Gasteiger partial charge in [-0.25, -0.2) is 4.79 Å². The van der Waals surface area contributed by atoms with Crippen LogP contribution < -0.4 is 9.47 Å². The number of nitrogens with zero attached hydrogens (tertiary/aromatic N) is 1. The molecule has 0 aliphatic rings. The highest BCUT2D eigenvalue weighted by molar-refractivity contribution is 5.80. The van der Waals surface area contributed by atoms with Crippen molar-refractivity contribution in [1.29, 1.82) is 0 Å². The Labute approximate surface area is 226 Å². The molecule has 0 unspecified atom stereocenters. The lowest BCUT2D eigenvalue weighted by Gasteiger charge is -2.13. The van der Waals surface area contributed by atoms with E-state index in [0.29, 0.717) is 23.6 Å². The van der Waals surface area contributed by atoms with E-state index in [1.807, 2.05) is 56.3 Å². The SMILES string of the molecule is COC(=O)COc1ccc(OC/C=C(\c2ccc(C#CCN(C)C)cc2)c2ccc(C(F)(F)F)cc2)cc1C. The molecule has 0 saturated carbocycles. The Kier molecular flexibility index (Phi) is 10.2. The molecule has 3 aromatic rings. The van der Waals surface area contributed by atoms with Gasteiger partial charge < -0.3 is 14.2 Å². The Morgan fingerprint density at radius 2 is 1.59 bits per heavy atom. The van der Waals surface area contributed by atoms with Gasteiger partial charge in [0.2, 0.25) is 0 Å². The van der Waals surface area contributed by atoms with Crippen LogP contribution in [-0.2, 0) is 15.7 Å². The minimum Gasteiger partial charge on any atom is -0.489 e. The molecule has 0 aliphatic heterocycles. The van der Waals surface area contributed by atoms with E-state index in [9.17, 15) is 18.0 Å². The van der Waals surface area contributed by atoms with Crippen LogP contribution in [-0.4, -0.2) is 51.8 Å². The summed E-state index contributed by atoms with van der Waals surface area (Å²) in [5, 5.41) is 0. The Morgan fingerprint density at radius 1 is 0.949 bits per heavy atom. The lowest BCUT2D eigenvalue weighted by molar-refractivity contribution is -0.143. The third-order valence-electron chi connectivity index (χ3n) is 5.60. The second-order valence-corrected chi connectivity index (χ2v) is 8.91. The van der Waals surface area contributed by atoms with Crippen molar-refractivity contribution in [3.63, 3.8) is 0 Å². The normalized spacial score (nSPS) is 11.5. The van der Waals surface area contributed by atoms with Crippen LogP contribution in [0.25, 0.3) is 5.57 Å². The van der Waals surface area contributed by atoms with Gasteiger partial charge in [-0.05, 0) is 91.8 Å². The number of methoxy groups -OCH3 is 1. The number of carbonyl (C=O) groups excluding carboxylic acids is 1. The molecule has 3 rings (SSSR count). The number of hydrogen-bond donors (Lipinski definition) is 0. The van der Waals surface area contributed by atoms with E-state index in [-0.39, 0.29) is 13.2 Å². The highest BCUT2D eigenvalue weighted by Gasteiger charge is 2.30. The lowest BCUT2D eigenvalue weighted by atomic mass is 9.96. The fourth-order valence-corrected chi connectivity index (χ4v) is 3.56. The number of halogens is 3. The molecule has 0 atom stereocenters. The van der Waals surface area contributed by atoms with E-state index in [4.69, 9.17) is 9.47 Å². The summed E-state index contributed by atoms with van der Waals surface area (Å²) in [6.07, 6.45) is -2.59. The first-order valence-corrected chi connectivity index (χ1v) is 12.1. The van der Waals surface area contributed by atoms with Gasteiger partial charge in [-0.1, -0.05) is 36.1 Å². The van der Waals surface area contributed by atoms with Gasteiger partial charge >= 0.3 is 12.1 Å². The van der Waals surface area contributed by atoms with Crippen molar-refractivity contribution in [2.45, 2.75) is 13.1 Å². The van der Waals surface area contributed by atoms with Gasteiger partial charge in [0.1, 0.15) is 18.1 Å². The average Bonchev–Trinajstić information content (AvgIpc) is 2.90. The van der Waals surface area contributed by atoms with Gasteiger partial charge in [0.05, 0.1) is 19.2 Å². The number of aryl methyl sites for hydroxylation is 1. The van der Waals surface area contributed by atoms with E-state index >= 15 is 0 Å². The molecule has 0 bridgehead atoms. The summed E-state index contributed by atoms with van der Waals surface area (Å²) < 4.78 is 55.3. The summed E-state index contributed by atoms with van der Waals surface area (Å²) in [7, 11) is 5.17. The highest BCUT2D eigenvalue weighted by Crippen LogP contribution is 2.32. The zero-order valence-corrected chi connectivity index (χ0v) is 22.3. The first kappa shape index (κ1) is 29.3. The molecule has 0 radical (unpaired) electrons. The molecule has 0 amide bonds. The van der Waals surface area contributed by atoms with Crippen molar-refractivity contribution in [3.8, 4) is 23.3 Å². The largest absolute Gasteiger partial charge is 0.489 e. The van der Waals surface area contributed by atoms with Crippen LogP contribution in [0, 0.1) is 18.8 Å². The molecular weight excluding hydrogens is 507 g/mol. The molecule has 3 aromatic carbocycles. The smallest absolute Gasteiger partial charge is 0.416 e. The zero-order valence-electron chi connectivity index (χ0n) is 22.3. The van der Waals surface area contributed by atoms with Crippen molar-refractivity contribution in [3.05, 3.63) is 101 Å². The molecular formula is C31H30F3NO4. The Hall–Kier alpha value is -4.22. The standard InChI is InChI=1S/C31H30F3NO4/c1-22-20-27(15-16-29(22)39-21-30(36)37-4)38-19-17-28(25-11-13-26(14-12-25)31(32,33)34)24-9-7-23(8-10-24)6-5-18-35(2)3/h7-17,20H,18-19,21H2,1-4H3/b28-17+. The number of hydrogen-bond acceptors (Lipinski definition) is 5. The molecule has 0 spiro atoms. The topological polar surface area (TPSA) is 48.0 Å². The third kappa shape index (κ3) is 8.94. The van der Waals surface area contributed by atoms with Crippen molar-refractivity contribution in [2.24, 2.45) is 0 Å². The molecule has 8 heteroatoms. The van der Waals surface area contributed by atoms with Gasteiger partial charge in [0.15, 0.2) is 6.61 Å². The Bertz CT molecular complexity index is 1350. The first-order valence-electron chi connectivity index (χ1n) is 12.1. The van der Waals surface area contributed by atoms with E-state index in [2.05, 4.69) is 16.6 Å². The van der Waals surface area contributed by atoms with E-state index < -0.39 is 17.7 Å². The van der Waals surface area contributed by atoms with Crippen molar-refractivity contribution in [1.82, 2.24) is 4.90 Å². The van der Waals surface area contributed by atoms with Crippen LogP contribution in [0.5, 0.6) is 11.5 Å². The molecule has 0 aliphatic carbocycles. The fourth-order valence-electron chi connectivity index (χ4n) is 3.56. The maximum atomic E-state index is 13.1. The quantitative estimate of drug-likeness (QED) is 0.248. The minimum atomic E-state index is -4.41. The van der Waals surface area contributed by atoms with Crippen LogP contribution >= 0.6 is 0 Å². The molecule has 0 fully saturated rings. The number of rotatable bonds is 9. The lowest BCUT2D eigenvalue weighted by Crippen LogP contribution is -2.13. The van der Waals surface area contributed by atoms with Gasteiger partial charge in [-0.2, -0.15) is 13.2 Å². The van der Waals surface area contributed by atoms with Crippen LogP contribution in [0.2, 0.25) is 0 Å². The number of ether oxygens (including phenoxy) is 3. The fraction of sp³-hybridized carbons (Fsp3) is 0.258. The Morgan fingerprint density at radius 3 is 2.15 bits per heavy atom. The number of carbonyl (C=O) groups is 1. The van der Waals surface area contributed by atoms with Crippen LogP contribution in [0.1, 0.15) is 27.8 Å². The number of esters is 1. The molecule has 0 N–H and O–H groups in total. The molecule has 0 aromatic heterocycles. The molecule has 0 heterocycles. The van der Waals surface area contributed by atoms with Crippen LogP contribution in [0.15, 0.2) is 72.8 Å².